The molecule has 1 unspecified atom stereocenters. The number of nitrogens with one attached hydrogen (secondary N) is 2. The van der Waals surface area contributed by atoms with Crippen molar-refractivity contribution in [2.75, 3.05) is 26.7 Å². The van der Waals surface area contributed by atoms with Gasteiger partial charge in [0.2, 0.25) is 0 Å². The van der Waals surface area contributed by atoms with Crippen molar-refractivity contribution in [3.63, 3.8) is 0 Å². The van der Waals surface area contributed by atoms with E-state index in [2.05, 4.69) is 77.7 Å². The van der Waals surface area contributed by atoms with Crippen molar-refractivity contribution in [2.45, 2.75) is 59.4 Å². The Kier molecular flexibility index (Phi) is 15.0. The molecule has 2 aromatic carbocycles. The van der Waals surface area contributed by atoms with Crippen molar-refractivity contribution in [3.8, 4) is 0 Å². The number of hydrogen-bond acceptors (Lipinski definition) is 3. The van der Waals surface area contributed by atoms with E-state index in [-0.39, 0.29) is 24.0 Å². The molecule has 1 atom stereocenters. The zero-order chi connectivity index (χ0) is 22.3. The summed E-state index contributed by atoms with van der Waals surface area (Å²) in [5.74, 6) is 0.852. The summed E-state index contributed by atoms with van der Waals surface area (Å²) >= 11 is 0. The Labute approximate surface area is 212 Å². The third-order valence-electron chi connectivity index (χ3n) is 5.48. The van der Waals surface area contributed by atoms with Crippen LogP contribution in [0.25, 0.3) is 0 Å². The molecule has 0 bridgehead atoms. The molecule has 6 heteroatoms. The summed E-state index contributed by atoms with van der Waals surface area (Å²) in [7, 11) is 1.82. The fourth-order valence-corrected chi connectivity index (χ4v) is 3.46. The first-order valence-corrected chi connectivity index (χ1v) is 11.5. The molecule has 2 rings (SSSR count). The molecule has 0 saturated carbocycles. The van der Waals surface area contributed by atoms with E-state index in [0.29, 0.717) is 19.3 Å². The molecule has 2 N–H and O–H groups in total. The van der Waals surface area contributed by atoms with Crippen molar-refractivity contribution in [2.24, 2.45) is 4.99 Å². The Balaban J connectivity index is 0.00000512. The van der Waals surface area contributed by atoms with E-state index in [9.17, 15) is 0 Å². The van der Waals surface area contributed by atoms with E-state index >= 15 is 0 Å². The van der Waals surface area contributed by atoms with Gasteiger partial charge in [0.05, 0.1) is 13.2 Å². The first-order chi connectivity index (χ1) is 15.1. The van der Waals surface area contributed by atoms with Gasteiger partial charge in [0.15, 0.2) is 5.96 Å². The van der Waals surface area contributed by atoms with Crippen LogP contribution in [0.3, 0.4) is 0 Å². The normalized spacial score (nSPS) is 12.3. The molecule has 0 aliphatic carbocycles. The zero-order valence-electron chi connectivity index (χ0n) is 20.1. The van der Waals surface area contributed by atoms with E-state index in [4.69, 9.17) is 4.74 Å². The van der Waals surface area contributed by atoms with E-state index < -0.39 is 0 Å². The molecule has 0 aliphatic rings. The van der Waals surface area contributed by atoms with Gasteiger partial charge in [0, 0.05) is 19.6 Å². The number of aliphatic imine (C=N–C) groups is 1. The first kappa shape index (κ1) is 28.4. The van der Waals surface area contributed by atoms with Gasteiger partial charge in [-0.15, -0.1) is 24.0 Å². The molecule has 0 aromatic heterocycles. The molecule has 0 saturated heterocycles. The summed E-state index contributed by atoms with van der Waals surface area (Å²) in [4.78, 5) is 6.84. The molecule has 0 aliphatic heterocycles. The van der Waals surface area contributed by atoms with Crippen molar-refractivity contribution >= 4 is 29.9 Å². The monoisotopic (exact) mass is 552 g/mol. The lowest BCUT2D eigenvalue weighted by molar-refractivity contribution is 0.107. The summed E-state index contributed by atoms with van der Waals surface area (Å²) < 4.78 is 5.82. The van der Waals surface area contributed by atoms with Gasteiger partial charge >= 0.3 is 0 Å². The van der Waals surface area contributed by atoms with Gasteiger partial charge in [-0.1, -0.05) is 68.4 Å². The van der Waals surface area contributed by atoms with Crippen molar-refractivity contribution in [3.05, 3.63) is 71.3 Å². The van der Waals surface area contributed by atoms with E-state index in [1.807, 2.05) is 25.2 Å². The van der Waals surface area contributed by atoms with Crippen LogP contribution in [0.4, 0.5) is 0 Å². The number of guanidine groups is 1. The fraction of sp³-hybridized carbons (Fsp3) is 0.500. The predicted molar refractivity (Wildman–Crippen MR) is 147 cm³/mol. The molecule has 178 valence electrons. The van der Waals surface area contributed by atoms with Crippen LogP contribution < -0.4 is 10.6 Å². The maximum atomic E-state index is 5.82. The molecule has 5 nitrogen and oxygen atoms in total. The largest absolute Gasteiger partial charge is 0.372 e. The van der Waals surface area contributed by atoms with Gasteiger partial charge in [0.1, 0.15) is 0 Å². The third kappa shape index (κ3) is 11.3. The Hall–Kier alpha value is -1.64. The maximum absolute atomic E-state index is 5.82. The lowest BCUT2D eigenvalue weighted by Crippen LogP contribution is -2.42. The third-order valence-corrected chi connectivity index (χ3v) is 5.48. The standard InChI is InChI=1S/C26H40N4O.HI/c1-5-30(6-2)18-10-11-22(3)29-26(27-4)28-19-23-14-16-25(17-15-23)21-31-20-24-12-8-7-9-13-24;/h7-9,12-17,22H,5-6,10-11,18-21H2,1-4H3,(H2,27,28,29);1H. The Bertz CT molecular complexity index is 748. The maximum Gasteiger partial charge on any atom is 0.191 e. The highest BCUT2D eigenvalue weighted by Gasteiger charge is 2.07. The predicted octanol–water partition coefficient (Wildman–Crippen LogP) is 5.20. The molecule has 2 aromatic rings. The number of hydrogen-bond donors (Lipinski definition) is 2. The van der Waals surface area contributed by atoms with Crippen LogP contribution in [-0.4, -0.2) is 43.6 Å². The van der Waals surface area contributed by atoms with Crippen LogP contribution >= 0.6 is 24.0 Å². The summed E-state index contributed by atoms with van der Waals surface area (Å²) in [6.45, 7) is 12.1. The lowest BCUT2D eigenvalue weighted by Gasteiger charge is -2.21. The molecule has 0 fully saturated rings. The second-order valence-electron chi connectivity index (χ2n) is 7.94. The summed E-state index contributed by atoms with van der Waals surface area (Å²) in [5.41, 5.74) is 3.61. The Morgan fingerprint density at radius 2 is 1.53 bits per heavy atom. The lowest BCUT2D eigenvalue weighted by atomic mass is 10.1. The number of nitrogens with zero attached hydrogens (tertiary/aromatic N) is 2. The SMILES string of the molecule is CCN(CC)CCCC(C)NC(=NC)NCc1ccc(COCc2ccccc2)cc1.I. The quantitative estimate of drug-likeness (QED) is 0.204. The molecular formula is C26H41IN4O. The first-order valence-electron chi connectivity index (χ1n) is 11.5. The number of benzene rings is 2. The van der Waals surface area contributed by atoms with Gasteiger partial charge in [-0.25, -0.2) is 0 Å². The molecular weight excluding hydrogens is 511 g/mol. The summed E-state index contributed by atoms with van der Waals surface area (Å²) in [6.07, 6.45) is 2.33. The van der Waals surface area contributed by atoms with Crippen molar-refractivity contribution < 1.29 is 4.74 Å². The Morgan fingerprint density at radius 3 is 2.12 bits per heavy atom. The average molecular weight is 553 g/mol. The van der Waals surface area contributed by atoms with Crippen LogP contribution in [0.2, 0.25) is 0 Å². The highest BCUT2D eigenvalue weighted by molar-refractivity contribution is 14.0. The van der Waals surface area contributed by atoms with Gasteiger partial charge in [0.25, 0.3) is 0 Å². The summed E-state index contributed by atoms with van der Waals surface area (Å²) in [6, 6.07) is 19.2. The molecule has 0 amide bonds. The summed E-state index contributed by atoms with van der Waals surface area (Å²) in [5, 5.41) is 6.92. The smallest absolute Gasteiger partial charge is 0.191 e. The van der Waals surface area contributed by atoms with Crippen LogP contribution in [0.1, 0.15) is 50.3 Å². The number of halogens is 1. The van der Waals surface area contributed by atoms with Gasteiger partial charge in [-0.05, 0) is 56.1 Å². The van der Waals surface area contributed by atoms with Crippen LogP contribution in [-0.2, 0) is 24.5 Å². The fourth-order valence-electron chi connectivity index (χ4n) is 3.46. The van der Waals surface area contributed by atoms with Crippen LogP contribution in [0.15, 0.2) is 59.6 Å². The van der Waals surface area contributed by atoms with Gasteiger partial charge in [-0.2, -0.15) is 0 Å². The Morgan fingerprint density at radius 1 is 0.938 bits per heavy atom. The topological polar surface area (TPSA) is 48.9 Å². The van der Waals surface area contributed by atoms with E-state index in [1.54, 1.807) is 0 Å². The van der Waals surface area contributed by atoms with Crippen LogP contribution in [0, 0.1) is 0 Å². The highest BCUT2D eigenvalue weighted by Crippen LogP contribution is 2.08. The molecule has 0 spiro atoms. The van der Waals surface area contributed by atoms with Crippen molar-refractivity contribution in [1.29, 1.82) is 0 Å². The number of ether oxygens (including phenoxy) is 1. The minimum atomic E-state index is 0. The molecule has 0 radical (unpaired) electrons. The van der Waals surface area contributed by atoms with Crippen molar-refractivity contribution in [1.82, 2.24) is 15.5 Å². The highest BCUT2D eigenvalue weighted by atomic mass is 127. The van der Waals surface area contributed by atoms with Gasteiger partial charge in [-0.3, -0.25) is 4.99 Å². The number of rotatable bonds is 13. The minimum absolute atomic E-state index is 0. The average Bonchev–Trinajstić information content (AvgIpc) is 2.81. The van der Waals surface area contributed by atoms with Gasteiger partial charge < -0.3 is 20.3 Å². The zero-order valence-corrected chi connectivity index (χ0v) is 22.5. The second kappa shape index (κ2) is 16.9. The van der Waals surface area contributed by atoms with E-state index in [1.165, 1.54) is 23.1 Å². The minimum Gasteiger partial charge on any atom is -0.372 e. The van der Waals surface area contributed by atoms with E-state index in [0.717, 1.165) is 38.6 Å². The van der Waals surface area contributed by atoms with Crippen LogP contribution in [0.5, 0.6) is 0 Å². The molecule has 32 heavy (non-hydrogen) atoms. The molecule has 0 heterocycles. The second-order valence-corrected chi connectivity index (χ2v) is 7.94.